The maximum atomic E-state index is 14.3. The largest absolute Gasteiger partial charge is 0.497 e. The number of methoxy groups -OCH3 is 3. The minimum Gasteiger partial charge on any atom is -0.497 e. The van der Waals surface area contributed by atoms with E-state index >= 15 is 0 Å². The first-order valence-corrected chi connectivity index (χ1v) is 21.8. The maximum Gasteiger partial charge on any atom is 0.410 e. The van der Waals surface area contributed by atoms with Gasteiger partial charge >= 0.3 is 17.9 Å². The number of benzene rings is 3. The van der Waals surface area contributed by atoms with E-state index in [-0.39, 0.29) is 43.3 Å². The Kier molecular flexibility index (Phi) is 16.4. The molecule has 0 bridgehead atoms. The van der Waals surface area contributed by atoms with Gasteiger partial charge in [-0.1, -0.05) is 80.6 Å². The number of unbranched alkanes of at least 4 members (excludes halogenated alkanes) is 1. The van der Waals surface area contributed by atoms with Gasteiger partial charge in [-0.3, -0.25) is 9.59 Å². The van der Waals surface area contributed by atoms with Crippen LogP contribution >= 0.6 is 9.24 Å². The van der Waals surface area contributed by atoms with E-state index in [1.807, 2.05) is 36.4 Å². The Labute approximate surface area is 351 Å². The van der Waals surface area contributed by atoms with Gasteiger partial charge in [0.2, 0.25) is 0 Å². The fourth-order valence-corrected chi connectivity index (χ4v) is 9.28. The molecule has 1 saturated carbocycles. The first kappa shape index (κ1) is 44.3. The second-order valence-electron chi connectivity index (χ2n) is 16.1. The van der Waals surface area contributed by atoms with Crippen molar-refractivity contribution in [3.8, 4) is 22.6 Å². The van der Waals surface area contributed by atoms with Crippen molar-refractivity contribution in [3.63, 3.8) is 0 Å². The summed E-state index contributed by atoms with van der Waals surface area (Å²) in [7, 11) is 7.55. The number of fused-ring (bicyclic) bond motifs is 3. The predicted molar refractivity (Wildman–Crippen MR) is 229 cm³/mol. The molecular weight excluding hydrogens is 769 g/mol. The zero-order valence-electron chi connectivity index (χ0n) is 34.8. The third-order valence-electron chi connectivity index (χ3n) is 12.1. The summed E-state index contributed by atoms with van der Waals surface area (Å²) >= 11 is 0. The monoisotopic (exact) mass is 831 g/mol. The van der Waals surface area contributed by atoms with Crippen LogP contribution in [0, 0.1) is 11.8 Å². The van der Waals surface area contributed by atoms with E-state index in [2.05, 4.69) is 38.8 Å². The predicted octanol–water partition coefficient (Wildman–Crippen LogP) is 6.76. The standard InChI is InChI=1S/C46H62N3O9P/c1-54-21-11-12-22-57-45(59)33-19-20-48(28-33)44(52)43(51)47-41(25-31-13-5-4-6-14-31)42(50)29-49(27-32-23-34(55-2)26-35(24-32)56-3)46(53)58-30-40-38-17-9-7-15-36(38)37-16-8-10-18-39(37)40/h7-10,15-18,23-24,26,31,33,40-42,45,50H,4-6,11-14,19-22,25,27-30,59H2,1-3H3,(H,47,51)/t33?,41-,42+,45?/m0/s1. The number of rotatable bonds is 19. The molecule has 3 aromatic carbocycles. The van der Waals surface area contributed by atoms with Gasteiger partial charge in [0.15, 0.2) is 0 Å². The van der Waals surface area contributed by atoms with Crippen molar-refractivity contribution in [2.75, 3.05) is 60.8 Å². The molecule has 2 N–H and O–H groups in total. The summed E-state index contributed by atoms with van der Waals surface area (Å²) < 4.78 is 28.3. The molecule has 3 amide bonds. The molecule has 59 heavy (non-hydrogen) atoms. The number of hydrogen-bond donors (Lipinski definition) is 2. The van der Waals surface area contributed by atoms with Crippen LogP contribution in [-0.2, 0) is 30.3 Å². The van der Waals surface area contributed by atoms with Gasteiger partial charge in [0, 0.05) is 57.9 Å². The van der Waals surface area contributed by atoms with Crippen molar-refractivity contribution in [1.82, 2.24) is 15.1 Å². The van der Waals surface area contributed by atoms with Crippen molar-refractivity contribution in [2.24, 2.45) is 11.8 Å². The minimum absolute atomic E-state index is 0.0735. The molecule has 0 radical (unpaired) electrons. The number of nitrogens with zero attached hydrogens (tertiary/aromatic N) is 2. The second-order valence-corrected chi connectivity index (χ2v) is 16.8. The van der Waals surface area contributed by atoms with Crippen LogP contribution in [0.4, 0.5) is 4.79 Å². The van der Waals surface area contributed by atoms with Gasteiger partial charge in [0.05, 0.1) is 38.8 Å². The number of carbonyl (C=O) groups is 3. The number of amides is 3. The van der Waals surface area contributed by atoms with Gasteiger partial charge in [-0.25, -0.2) is 4.79 Å². The van der Waals surface area contributed by atoms with Crippen molar-refractivity contribution in [2.45, 2.75) is 88.2 Å². The summed E-state index contributed by atoms with van der Waals surface area (Å²) in [6.07, 6.45) is 6.44. The van der Waals surface area contributed by atoms with Gasteiger partial charge in [-0.2, -0.15) is 0 Å². The molecule has 1 saturated heterocycles. The van der Waals surface area contributed by atoms with E-state index < -0.39 is 30.1 Å². The Bertz CT molecular complexity index is 1790. The summed E-state index contributed by atoms with van der Waals surface area (Å²) in [5.74, 6) is -0.202. The lowest BCUT2D eigenvalue weighted by Crippen LogP contribution is -2.53. The number of carbonyl (C=O) groups excluding carboxylic acids is 3. The molecule has 12 nitrogen and oxygen atoms in total. The van der Waals surface area contributed by atoms with Crippen LogP contribution in [-0.4, -0.2) is 112 Å². The summed E-state index contributed by atoms with van der Waals surface area (Å²) in [4.78, 5) is 44.7. The fourth-order valence-electron chi connectivity index (χ4n) is 8.83. The van der Waals surface area contributed by atoms with Crippen LogP contribution in [0.25, 0.3) is 11.1 Å². The normalized spacial score (nSPS) is 18.1. The zero-order chi connectivity index (χ0) is 41.7. The Hall–Kier alpha value is -4.22. The first-order valence-electron chi connectivity index (χ1n) is 21.1. The average molecular weight is 832 g/mol. The minimum atomic E-state index is -1.20. The molecular formula is C46H62N3O9P. The molecule has 320 valence electrons. The van der Waals surface area contributed by atoms with Crippen LogP contribution < -0.4 is 14.8 Å². The third kappa shape index (κ3) is 11.7. The number of aliphatic hydroxyl groups excluding tert-OH is 1. The SMILES string of the molecule is COCCCCOC(P)C1CCN(C(=O)C(=O)N[C@@H](CC2CCCCC2)[C@H](O)CN(Cc2cc(OC)cc(OC)c2)C(=O)OCC2c3ccccc3-c3ccccc32)C1. The number of hydrogen-bond acceptors (Lipinski definition) is 9. The number of nitrogens with one attached hydrogen (secondary N) is 1. The van der Waals surface area contributed by atoms with Crippen LogP contribution in [0.3, 0.4) is 0 Å². The highest BCUT2D eigenvalue weighted by atomic mass is 31.0. The van der Waals surface area contributed by atoms with E-state index in [0.29, 0.717) is 49.8 Å². The molecule has 1 aliphatic heterocycles. The molecule has 13 heteroatoms. The lowest BCUT2D eigenvalue weighted by Gasteiger charge is -2.33. The topological polar surface area (TPSA) is 136 Å². The van der Waals surface area contributed by atoms with Gasteiger partial charge < -0.3 is 43.9 Å². The third-order valence-corrected chi connectivity index (χ3v) is 12.8. The summed E-state index contributed by atoms with van der Waals surface area (Å²) in [6.45, 7) is 2.17. The van der Waals surface area contributed by atoms with Crippen molar-refractivity contribution < 1.29 is 43.2 Å². The molecule has 3 unspecified atom stereocenters. The highest BCUT2D eigenvalue weighted by molar-refractivity contribution is 7.17. The van der Waals surface area contributed by atoms with Crippen LogP contribution in [0.15, 0.2) is 66.7 Å². The summed E-state index contributed by atoms with van der Waals surface area (Å²) in [6, 6.07) is 20.9. The Morgan fingerprint density at radius 2 is 1.53 bits per heavy atom. The van der Waals surface area contributed by atoms with E-state index in [1.165, 1.54) is 4.90 Å². The average Bonchev–Trinajstić information content (AvgIpc) is 3.88. The van der Waals surface area contributed by atoms with Crippen LogP contribution in [0.1, 0.15) is 80.4 Å². The number of likely N-dealkylation sites (tertiary alicyclic amines) is 1. The first-order chi connectivity index (χ1) is 28.7. The molecule has 1 heterocycles. The maximum absolute atomic E-state index is 14.3. The van der Waals surface area contributed by atoms with Gasteiger partial charge in [0.1, 0.15) is 18.1 Å². The van der Waals surface area contributed by atoms with Crippen LogP contribution in [0.2, 0.25) is 0 Å². The molecule has 5 atom stereocenters. The molecule has 3 aliphatic rings. The van der Waals surface area contributed by atoms with E-state index in [4.69, 9.17) is 23.7 Å². The van der Waals surface area contributed by atoms with Crippen molar-refractivity contribution >= 4 is 27.1 Å². The molecule has 0 aromatic heterocycles. The molecule has 0 spiro atoms. The molecule has 2 fully saturated rings. The number of ether oxygens (including phenoxy) is 5. The summed E-state index contributed by atoms with van der Waals surface area (Å²) in [5, 5.41) is 15.0. The number of aliphatic hydroxyl groups is 1. The summed E-state index contributed by atoms with van der Waals surface area (Å²) in [5.41, 5.74) is 5.13. The fraction of sp³-hybridized carbons (Fsp3) is 0.543. The molecule has 6 rings (SSSR count). The molecule has 3 aromatic rings. The Balaban J connectivity index is 1.17. The second kappa shape index (κ2) is 21.9. The lowest BCUT2D eigenvalue weighted by atomic mass is 9.83. The smallest absolute Gasteiger partial charge is 0.410 e. The van der Waals surface area contributed by atoms with E-state index in [9.17, 15) is 19.5 Å². The van der Waals surface area contributed by atoms with E-state index in [0.717, 1.165) is 73.6 Å². The van der Waals surface area contributed by atoms with Crippen LogP contribution in [0.5, 0.6) is 11.5 Å². The Morgan fingerprint density at radius 3 is 2.17 bits per heavy atom. The Morgan fingerprint density at radius 1 is 0.881 bits per heavy atom. The van der Waals surface area contributed by atoms with Gasteiger partial charge in [-0.05, 0) is 71.6 Å². The highest BCUT2D eigenvalue weighted by Gasteiger charge is 2.37. The van der Waals surface area contributed by atoms with Gasteiger partial charge in [0.25, 0.3) is 0 Å². The van der Waals surface area contributed by atoms with E-state index in [1.54, 1.807) is 32.3 Å². The van der Waals surface area contributed by atoms with Crippen molar-refractivity contribution in [3.05, 3.63) is 83.4 Å². The molecule has 2 aliphatic carbocycles. The highest BCUT2D eigenvalue weighted by Crippen LogP contribution is 2.44. The van der Waals surface area contributed by atoms with Crippen molar-refractivity contribution in [1.29, 1.82) is 0 Å². The zero-order valence-corrected chi connectivity index (χ0v) is 36.0. The lowest BCUT2D eigenvalue weighted by molar-refractivity contribution is -0.146. The van der Waals surface area contributed by atoms with Gasteiger partial charge in [-0.15, -0.1) is 9.24 Å². The quantitative estimate of drug-likeness (QED) is 0.0763.